The van der Waals surface area contributed by atoms with Crippen molar-refractivity contribution in [1.29, 1.82) is 0 Å². The summed E-state index contributed by atoms with van der Waals surface area (Å²) in [5.41, 5.74) is 1.03. The van der Waals surface area contributed by atoms with Crippen LogP contribution in [-0.4, -0.2) is 16.8 Å². The maximum Gasteiger partial charge on any atom is 0.326 e. The molecule has 1 N–H and O–H groups in total. The molecule has 1 fully saturated rings. The van der Waals surface area contributed by atoms with Crippen LogP contribution in [0.3, 0.4) is 0 Å². The molecule has 0 saturated carbocycles. The zero-order chi connectivity index (χ0) is 21.7. The van der Waals surface area contributed by atoms with Crippen molar-refractivity contribution in [2.75, 3.05) is 0 Å². The number of urea groups is 1. The topological polar surface area (TPSA) is 58.6 Å². The average Bonchev–Trinajstić information content (AvgIpc) is 3.46. The molecule has 3 heterocycles. The number of para-hydroxylation sites is 2. The minimum Gasteiger partial charge on any atom is -0.457 e. The summed E-state index contributed by atoms with van der Waals surface area (Å²) in [6.07, 6.45) is 0. The van der Waals surface area contributed by atoms with Crippen molar-refractivity contribution in [1.82, 2.24) is 10.2 Å². The largest absolute Gasteiger partial charge is 0.457 e. The lowest BCUT2D eigenvalue weighted by Crippen LogP contribution is -2.45. The predicted molar refractivity (Wildman–Crippen MR) is 122 cm³/mol. The van der Waals surface area contributed by atoms with Crippen LogP contribution >= 0.6 is 11.3 Å². The second-order valence-corrected chi connectivity index (χ2v) is 8.73. The van der Waals surface area contributed by atoms with Gasteiger partial charge in [-0.3, -0.25) is 4.79 Å². The molecule has 32 heavy (non-hydrogen) atoms. The third kappa shape index (κ3) is 2.56. The van der Waals surface area contributed by atoms with Gasteiger partial charge in [0.05, 0.1) is 6.04 Å². The minimum atomic E-state index is -1.27. The molecule has 2 aliphatic rings. The third-order valence-electron chi connectivity index (χ3n) is 6.06. The van der Waals surface area contributed by atoms with Gasteiger partial charge in [0.25, 0.3) is 5.91 Å². The number of hydrogen-bond acceptors (Lipinski definition) is 4. The number of fused-ring (bicyclic) bond motifs is 2. The number of thiophene rings is 1. The first kappa shape index (κ1) is 18.8. The molecular formula is C26H18N2O3S. The van der Waals surface area contributed by atoms with E-state index in [-0.39, 0.29) is 5.91 Å². The fraction of sp³-hybridized carbons (Fsp3) is 0.0769. The van der Waals surface area contributed by atoms with Gasteiger partial charge in [0.15, 0.2) is 5.54 Å². The number of benzene rings is 3. The SMILES string of the molecule is O=C1N[C@@](c2ccccc2)(c2cccs2)C(=O)N1C1c2ccccc2Oc2ccccc21. The van der Waals surface area contributed by atoms with E-state index in [4.69, 9.17) is 4.74 Å². The Morgan fingerprint density at radius 3 is 2.03 bits per heavy atom. The first-order valence-corrected chi connectivity index (χ1v) is 11.2. The Balaban J connectivity index is 1.56. The van der Waals surface area contributed by atoms with Crippen molar-refractivity contribution in [2.24, 2.45) is 0 Å². The standard InChI is InChI=1S/C26H18N2O3S/c29-24-26(22-15-8-16-32-22,17-9-2-1-3-10-17)27-25(30)28(24)23-18-11-4-6-13-20(18)31-21-14-7-5-12-19(21)23/h1-16,23H,(H,27,30)/t26-/m0/s1. The summed E-state index contributed by atoms with van der Waals surface area (Å²) >= 11 is 1.45. The highest BCUT2D eigenvalue weighted by Gasteiger charge is 2.57. The van der Waals surface area contributed by atoms with Gasteiger partial charge in [-0.2, -0.15) is 0 Å². The molecule has 1 aromatic heterocycles. The molecule has 0 bridgehead atoms. The van der Waals surface area contributed by atoms with Crippen molar-refractivity contribution < 1.29 is 14.3 Å². The van der Waals surface area contributed by atoms with Gasteiger partial charge in [0, 0.05) is 16.0 Å². The van der Waals surface area contributed by atoms with E-state index in [1.807, 2.05) is 96.4 Å². The zero-order valence-corrected chi connectivity index (χ0v) is 17.7. The maximum atomic E-state index is 14.3. The summed E-state index contributed by atoms with van der Waals surface area (Å²) in [6, 6.07) is 27.3. The molecule has 6 rings (SSSR count). The summed E-state index contributed by atoms with van der Waals surface area (Å²) in [6.45, 7) is 0. The lowest BCUT2D eigenvalue weighted by Gasteiger charge is -2.33. The summed E-state index contributed by atoms with van der Waals surface area (Å²) in [7, 11) is 0. The molecule has 0 radical (unpaired) electrons. The highest BCUT2D eigenvalue weighted by molar-refractivity contribution is 7.10. The third-order valence-corrected chi connectivity index (χ3v) is 7.05. The fourth-order valence-corrected chi connectivity index (χ4v) is 5.52. The number of nitrogens with one attached hydrogen (secondary N) is 1. The van der Waals surface area contributed by atoms with Crippen LogP contribution in [0.15, 0.2) is 96.4 Å². The van der Waals surface area contributed by atoms with Crippen molar-refractivity contribution in [3.8, 4) is 11.5 Å². The molecule has 1 atom stereocenters. The van der Waals surface area contributed by atoms with Gasteiger partial charge in [-0.1, -0.05) is 72.8 Å². The molecule has 1 saturated heterocycles. The number of carbonyl (C=O) groups is 2. The van der Waals surface area contributed by atoms with E-state index in [1.54, 1.807) is 0 Å². The fourth-order valence-electron chi connectivity index (χ4n) is 4.63. The molecule has 0 aliphatic carbocycles. The van der Waals surface area contributed by atoms with Gasteiger partial charge in [-0.05, 0) is 29.1 Å². The molecule has 4 aromatic rings. The molecule has 3 aromatic carbocycles. The normalized spacial score (nSPS) is 19.8. The van der Waals surface area contributed by atoms with E-state index in [2.05, 4.69) is 5.32 Å². The molecule has 3 amide bonds. The Labute approximate surface area is 188 Å². The van der Waals surface area contributed by atoms with Gasteiger partial charge in [-0.25, -0.2) is 9.69 Å². The van der Waals surface area contributed by atoms with E-state index in [0.717, 1.165) is 21.6 Å². The molecule has 6 heteroatoms. The molecule has 2 aliphatic heterocycles. The van der Waals surface area contributed by atoms with Gasteiger partial charge < -0.3 is 10.1 Å². The maximum absolute atomic E-state index is 14.3. The number of imide groups is 1. The van der Waals surface area contributed by atoms with Crippen LogP contribution in [0.2, 0.25) is 0 Å². The Morgan fingerprint density at radius 1 is 0.781 bits per heavy atom. The van der Waals surface area contributed by atoms with Crippen molar-refractivity contribution in [2.45, 2.75) is 11.6 Å². The molecule has 156 valence electrons. The van der Waals surface area contributed by atoms with Crippen molar-refractivity contribution >= 4 is 23.3 Å². The second-order valence-electron chi connectivity index (χ2n) is 7.78. The molecule has 5 nitrogen and oxygen atoms in total. The first-order valence-electron chi connectivity index (χ1n) is 10.3. The van der Waals surface area contributed by atoms with Crippen LogP contribution in [0.25, 0.3) is 0 Å². The number of rotatable bonds is 3. The van der Waals surface area contributed by atoms with Crippen LogP contribution in [0.1, 0.15) is 27.6 Å². The van der Waals surface area contributed by atoms with Crippen LogP contribution in [0.5, 0.6) is 11.5 Å². The van der Waals surface area contributed by atoms with Gasteiger partial charge in [0.1, 0.15) is 11.5 Å². The zero-order valence-electron chi connectivity index (χ0n) is 16.9. The highest BCUT2D eigenvalue weighted by Crippen LogP contribution is 2.49. The number of amides is 3. The lowest BCUT2D eigenvalue weighted by atomic mass is 9.86. The second kappa shape index (κ2) is 7.07. The van der Waals surface area contributed by atoms with Gasteiger partial charge in [0.2, 0.25) is 0 Å². The average molecular weight is 439 g/mol. The van der Waals surface area contributed by atoms with Gasteiger partial charge >= 0.3 is 6.03 Å². The summed E-state index contributed by atoms with van der Waals surface area (Å²) in [4.78, 5) is 29.9. The van der Waals surface area contributed by atoms with Crippen LogP contribution in [-0.2, 0) is 10.3 Å². The molecule has 0 unspecified atom stereocenters. The van der Waals surface area contributed by atoms with E-state index in [0.29, 0.717) is 11.5 Å². The van der Waals surface area contributed by atoms with E-state index < -0.39 is 17.6 Å². The number of nitrogens with zero attached hydrogens (tertiary/aromatic N) is 1. The summed E-state index contributed by atoms with van der Waals surface area (Å²) in [5, 5.41) is 4.97. The van der Waals surface area contributed by atoms with Gasteiger partial charge in [-0.15, -0.1) is 11.3 Å². The van der Waals surface area contributed by atoms with E-state index in [1.165, 1.54) is 16.2 Å². The van der Waals surface area contributed by atoms with Crippen molar-refractivity contribution in [3.63, 3.8) is 0 Å². The number of hydrogen-bond donors (Lipinski definition) is 1. The smallest absolute Gasteiger partial charge is 0.326 e. The van der Waals surface area contributed by atoms with E-state index >= 15 is 0 Å². The van der Waals surface area contributed by atoms with Crippen LogP contribution in [0.4, 0.5) is 4.79 Å². The highest BCUT2D eigenvalue weighted by atomic mass is 32.1. The Morgan fingerprint density at radius 2 is 1.41 bits per heavy atom. The van der Waals surface area contributed by atoms with Crippen LogP contribution in [0, 0.1) is 0 Å². The van der Waals surface area contributed by atoms with E-state index in [9.17, 15) is 9.59 Å². The Kier molecular flexibility index (Phi) is 4.16. The lowest BCUT2D eigenvalue weighted by molar-refractivity contribution is -0.131. The molecular weight excluding hydrogens is 420 g/mol. The van der Waals surface area contributed by atoms with Crippen LogP contribution < -0.4 is 10.1 Å². The first-order chi connectivity index (χ1) is 15.7. The summed E-state index contributed by atoms with van der Waals surface area (Å²) in [5.74, 6) is 0.989. The van der Waals surface area contributed by atoms with Crippen molar-refractivity contribution in [3.05, 3.63) is 118 Å². The molecule has 0 spiro atoms. The predicted octanol–water partition coefficient (Wildman–Crippen LogP) is 5.44. The minimum absolute atomic E-state index is 0.298. The Hall–Kier alpha value is -3.90. The summed E-state index contributed by atoms with van der Waals surface area (Å²) < 4.78 is 6.08. The monoisotopic (exact) mass is 438 g/mol. The Bertz CT molecular complexity index is 1290. The number of ether oxygens (including phenoxy) is 1. The quantitative estimate of drug-likeness (QED) is 0.434. The number of carbonyl (C=O) groups excluding carboxylic acids is 2.